The summed E-state index contributed by atoms with van der Waals surface area (Å²) < 4.78 is 43.0. The molecule has 42 heavy (non-hydrogen) atoms. The summed E-state index contributed by atoms with van der Waals surface area (Å²) in [6.45, 7) is 5.56. The van der Waals surface area contributed by atoms with Crippen molar-refractivity contribution in [3.8, 4) is 0 Å². The molecule has 0 unspecified atom stereocenters. The van der Waals surface area contributed by atoms with Gasteiger partial charge in [-0.05, 0) is 60.7 Å². The van der Waals surface area contributed by atoms with E-state index in [1.807, 2.05) is 56.3 Å². The molecule has 0 saturated heterocycles. The number of nitrogens with one attached hydrogen (secondary N) is 1. The first-order valence-electron chi connectivity index (χ1n) is 14.1. The van der Waals surface area contributed by atoms with Crippen LogP contribution < -0.4 is 9.62 Å². The zero-order valence-corrected chi connectivity index (χ0v) is 25.8. The zero-order chi connectivity index (χ0) is 30.9. The predicted molar refractivity (Wildman–Crippen MR) is 165 cm³/mol. The average molecular weight is 597 g/mol. The molecule has 0 saturated carbocycles. The normalized spacial score (nSPS) is 12.2. The smallest absolute Gasteiger partial charge is 0.304 e. The fourth-order valence-electron chi connectivity index (χ4n) is 4.54. The van der Waals surface area contributed by atoms with Gasteiger partial charge < -0.3 is 10.2 Å². The lowest BCUT2D eigenvalue weighted by molar-refractivity contribution is -0.140. The Morgan fingerprint density at radius 1 is 0.929 bits per heavy atom. The summed E-state index contributed by atoms with van der Waals surface area (Å²) in [7, 11) is -1.27. The van der Waals surface area contributed by atoms with Crippen molar-refractivity contribution in [1.82, 2.24) is 14.5 Å². The Morgan fingerprint density at radius 3 is 2.21 bits per heavy atom. The summed E-state index contributed by atoms with van der Waals surface area (Å²) in [5, 5.41) is 2.95. The number of unbranched alkanes of at least 4 members (excludes halogenated alkanes) is 1. The minimum absolute atomic E-state index is 0.0134. The lowest BCUT2D eigenvalue weighted by Gasteiger charge is -2.35. The van der Waals surface area contributed by atoms with E-state index in [1.165, 1.54) is 31.1 Å². The highest BCUT2D eigenvalue weighted by molar-refractivity contribution is 7.90. The van der Waals surface area contributed by atoms with Crippen molar-refractivity contribution >= 4 is 27.7 Å². The van der Waals surface area contributed by atoms with Gasteiger partial charge in [0, 0.05) is 33.6 Å². The van der Waals surface area contributed by atoms with Gasteiger partial charge in [-0.15, -0.1) is 0 Å². The Morgan fingerprint density at radius 2 is 1.60 bits per heavy atom. The van der Waals surface area contributed by atoms with E-state index in [0.29, 0.717) is 23.4 Å². The molecule has 0 heterocycles. The third kappa shape index (κ3) is 8.62. The van der Waals surface area contributed by atoms with Crippen LogP contribution in [0.5, 0.6) is 0 Å². The average Bonchev–Trinajstić information content (AvgIpc) is 2.96. The molecule has 3 rings (SSSR count). The largest absolute Gasteiger partial charge is 0.354 e. The monoisotopic (exact) mass is 596 g/mol. The van der Waals surface area contributed by atoms with E-state index in [9.17, 15) is 22.4 Å². The maximum absolute atomic E-state index is 14.3. The summed E-state index contributed by atoms with van der Waals surface area (Å²) in [4.78, 5) is 29.4. The van der Waals surface area contributed by atoms with E-state index < -0.39 is 34.5 Å². The highest BCUT2D eigenvalue weighted by atomic mass is 32.2. The Hall–Kier alpha value is -3.76. The van der Waals surface area contributed by atoms with Crippen LogP contribution in [0.25, 0.3) is 0 Å². The van der Waals surface area contributed by atoms with Gasteiger partial charge in [0.2, 0.25) is 11.8 Å². The van der Waals surface area contributed by atoms with Crippen LogP contribution in [-0.2, 0) is 32.8 Å². The number of rotatable bonds is 14. The number of hydrogen-bond acceptors (Lipinski definition) is 4. The van der Waals surface area contributed by atoms with Crippen LogP contribution in [0.4, 0.5) is 10.1 Å². The molecule has 226 valence electrons. The minimum atomic E-state index is -4.09. The Bertz CT molecular complexity index is 1450. The molecule has 0 aliphatic rings. The van der Waals surface area contributed by atoms with Crippen molar-refractivity contribution in [2.45, 2.75) is 52.6 Å². The van der Waals surface area contributed by atoms with Crippen LogP contribution in [0.3, 0.4) is 0 Å². The summed E-state index contributed by atoms with van der Waals surface area (Å²) in [5.41, 5.74) is 3.35. The number of aryl methyl sites for hydroxylation is 2. The van der Waals surface area contributed by atoms with Gasteiger partial charge in [0.05, 0.1) is 5.69 Å². The highest BCUT2D eigenvalue weighted by Crippen LogP contribution is 2.26. The van der Waals surface area contributed by atoms with Gasteiger partial charge in [-0.1, -0.05) is 67.9 Å². The molecule has 0 fully saturated rings. The summed E-state index contributed by atoms with van der Waals surface area (Å²) in [6, 6.07) is 19.5. The number of amides is 2. The van der Waals surface area contributed by atoms with E-state index >= 15 is 0 Å². The number of carbonyl (C=O) groups excluding carboxylic acids is 2. The lowest BCUT2D eigenvalue weighted by atomic mass is 10.0. The van der Waals surface area contributed by atoms with Gasteiger partial charge in [-0.2, -0.15) is 12.7 Å². The number of benzene rings is 3. The zero-order valence-electron chi connectivity index (χ0n) is 25.0. The molecule has 0 radical (unpaired) electrons. The molecular formula is C32H41FN4O4S. The fraction of sp³-hybridized carbons (Fsp3) is 0.375. The van der Waals surface area contributed by atoms with Crippen LogP contribution >= 0.6 is 0 Å². The number of halogens is 1. The molecular weight excluding hydrogens is 555 g/mol. The summed E-state index contributed by atoms with van der Waals surface area (Å²) in [5.74, 6) is -1.32. The fourth-order valence-corrected chi connectivity index (χ4v) is 5.65. The molecule has 0 spiro atoms. The number of carbonyl (C=O) groups is 2. The molecule has 0 aliphatic heterocycles. The summed E-state index contributed by atoms with van der Waals surface area (Å²) >= 11 is 0. The van der Waals surface area contributed by atoms with Crippen molar-refractivity contribution in [2.24, 2.45) is 0 Å². The van der Waals surface area contributed by atoms with E-state index in [-0.39, 0.29) is 18.9 Å². The molecule has 0 aromatic heterocycles. The molecule has 3 aromatic carbocycles. The second-order valence-electron chi connectivity index (χ2n) is 10.6. The second kappa shape index (κ2) is 14.9. The number of anilines is 1. The first kappa shape index (κ1) is 32.8. The molecule has 1 atom stereocenters. The van der Waals surface area contributed by atoms with Crippen LogP contribution in [-0.4, -0.2) is 62.7 Å². The number of hydrogen-bond donors (Lipinski definition) is 1. The van der Waals surface area contributed by atoms with E-state index in [1.54, 1.807) is 25.1 Å². The van der Waals surface area contributed by atoms with Gasteiger partial charge in [-0.25, -0.2) is 8.70 Å². The van der Waals surface area contributed by atoms with Crippen molar-refractivity contribution in [1.29, 1.82) is 0 Å². The first-order valence-corrected chi connectivity index (χ1v) is 15.5. The molecule has 8 nitrogen and oxygen atoms in total. The summed E-state index contributed by atoms with van der Waals surface area (Å²) in [6.07, 6.45) is 1.88. The second-order valence-corrected chi connectivity index (χ2v) is 12.7. The molecule has 0 aliphatic carbocycles. The molecule has 3 aromatic rings. The van der Waals surface area contributed by atoms with E-state index in [0.717, 1.165) is 32.6 Å². The maximum Gasteiger partial charge on any atom is 0.304 e. The Balaban J connectivity index is 2.10. The maximum atomic E-state index is 14.3. The number of nitrogens with zero attached hydrogens (tertiary/aromatic N) is 3. The van der Waals surface area contributed by atoms with Crippen LogP contribution in [0, 0.1) is 19.7 Å². The first-order chi connectivity index (χ1) is 19.9. The third-order valence-electron chi connectivity index (χ3n) is 7.02. The predicted octanol–water partition coefficient (Wildman–Crippen LogP) is 4.61. The van der Waals surface area contributed by atoms with Gasteiger partial charge in [-0.3, -0.25) is 9.59 Å². The quantitative estimate of drug-likeness (QED) is 0.275. The molecule has 10 heteroatoms. The standard InChI is InChI=1S/C32H41FN4O4S/c1-6-7-19-34-32(39)30(21-26-11-9-8-10-12-26)36(22-27-15-17-28(33)18-16-27)31(38)23-37(42(40,41)35(4)5)29-20-24(2)13-14-25(29)3/h8-18,20,30H,6-7,19,21-23H2,1-5H3,(H,34,39)/t30-/m0/s1. The van der Waals surface area contributed by atoms with Crippen LogP contribution in [0.1, 0.15) is 42.0 Å². The van der Waals surface area contributed by atoms with Crippen molar-refractivity contribution < 1.29 is 22.4 Å². The topological polar surface area (TPSA) is 90.0 Å². The molecule has 1 N–H and O–H groups in total. The Kier molecular flexibility index (Phi) is 11.6. The highest BCUT2D eigenvalue weighted by Gasteiger charge is 2.35. The third-order valence-corrected chi connectivity index (χ3v) is 8.82. The van der Waals surface area contributed by atoms with Crippen molar-refractivity contribution in [3.63, 3.8) is 0 Å². The van der Waals surface area contributed by atoms with Crippen molar-refractivity contribution in [2.75, 3.05) is 31.5 Å². The lowest BCUT2D eigenvalue weighted by Crippen LogP contribution is -2.54. The van der Waals surface area contributed by atoms with Gasteiger partial charge >= 0.3 is 10.2 Å². The molecule has 0 bridgehead atoms. The van der Waals surface area contributed by atoms with E-state index in [2.05, 4.69) is 5.32 Å². The van der Waals surface area contributed by atoms with Crippen LogP contribution in [0.15, 0.2) is 72.8 Å². The van der Waals surface area contributed by atoms with Gasteiger partial charge in [0.1, 0.15) is 18.4 Å². The van der Waals surface area contributed by atoms with Crippen molar-refractivity contribution in [3.05, 3.63) is 101 Å². The van der Waals surface area contributed by atoms with Gasteiger partial charge in [0.15, 0.2) is 0 Å². The molecule has 2 amide bonds. The minimum Gasteiger partial charge on any atom is -0.354 e. The Labute approximate surface area is 249 Å². The van der Waals surface area contributed by atoms with E-state index in [4.69, 9.17) is 0 Å². The van der Waals surface area contributed by atoms with Gasteiger partial charge in [0.25, 0.3) is 0 Å². The van der Waals surface area contributed by atoms with Crippen LogP contribution in [0.2, 0.25) is 0 Å². The SMILES string of the molecule is CCCCNC(=O)[C@H](Cc1ccccc1)N(Cc1ccc(F)cc1)C(=O)CN(c1cc(C)ccc1C)S(=O)(=O)N(C)C.